The molecule has 1 aromatic rings. The van der Waals surface area contributed by atoms with E-state index in [2.05, 4.69) is 6.58 Å². The molecule has 0 aromatic heterocycles. The van der Waals surface area contributed by atoms with Crippen molar-refractivity contribution in [3.63, 3.8) is 0 Å². The summed E-state index contributed by atoms with van der Waals surface area (Å²) >= 11 is 0. The number of ether oxygens (including phenoxy) is 2. The van der Waals surface area contributed by atoms with Crippen molar-refractivity contribution in [1.82, 2.24) is 4.90 Å². The average Bonchev–Trinajstić information content (AvgIpc) is 2.49. The van der Waals surface area contributed by atoms with E-state index in [1.165, 1.54) is 4.90 Å². The van der Waals surface area contributed by atoms with Crippen LogP contribution in [0.15, 0.2) is 43.0 Å². The van der Waals surface area contributed by atoms with Gasteiger partial charge in [0.1, 0.15) is 11.7 Å². The smallest absolute Gasteiger partial charge is 0.417 e. The molecule has 1 aliphatic rings. The first kappa shape index (κ1) is 18.2. The normalized spacial score (nSPS) is 21.5. The van der Waals surface area contributed by atoms with Gasteiger partial charge in [0.2, 0.25) is 0 Å². The molecule has 0 unspecified atom stereocenters. The lowest BCUT2D eigenvalue weighted by Crippen LogP contribution is -2.57. The third-order valence-electron chi connectivity index (χ3n) is 3.65. The third kappa shape index (κ3) is 4.68. The molecule has 0 aliphatic carbocycles. The van der Waals surface area contributed by atoms with Gasteiger partial charge in [-0.15, -0.1) is 6.58 Å². The number of imide groups is 1. The molecule has 2 amide bonds. The van der Waals surface area contributed by atoms with Crippen molar-refractivity contribution in [1.29, 1.82) is 0 Å². The molecule has 5 nitrogen and oxygen atoms in total. The summed E-state index contributed by atoms with van der Waals surface area (Å²) in [7, 11) is 0. The van der Waals surface area contributed by atoms with Crippen LogP contribution in [-0.2, 0) is 20.7 Å². The van der Waals surface area contributed by atoms with E-state index in [9.17, 15) is 9.59 Å². The summed E-state index contributed by atoms with van der Waals surface area (Å²) in [6.07, 6.45) is 1.23. The van der Waals surface area contributed by atoms with Crippen molar-refractivity contribution >= 4 is 12.0 Å². The van der Waals surface area contributed by atoms with Crippen LogP contribution in [0.5, 0.6) is 0 Å². The molecule has 1 aliphatic heterocycles. The number of carbonyl (C=O) groups is 2. The van der Waals surface area contributed by atoms with Gasteiger partial charge in [-0.2, -0.15) is 0 Å². The van der Waals surface area contributed by atoms with E-state index in [4.69, 9.17) is 9.47 Å². The summed E-state index contributed by atoms with van der Waals surface area (Å²) in [6, 6.07) is 9.34. The molecular weight excluding hydrogens is 306 g/mol. The van der Waals surface area contributed by atoms with Crippen LogP contribution >= 0.6 is 0 Å². The van der Waals surface area contributed by atoms with Crippen LogP contribution in [0.25, 0.3) is 0 Å². The number of morpholine rings is 1. The molecule has 1 heterocycles. The topological polar surface area (TPSA) is 55.8 Å². The molecule has 0 saturated carbocycles. The maximum absolute atomic E-state index is 12.7. The van der Waals surface area contributed by atoms with Crippen molar-refractivity contribution in [2.75, 3.05) is 6.61 Å². The summed E-state index contributed by atoms with van der Waals surface area (Å²) in [4.78, 5) is 26.5. The van der Waals surface area contributed by atoms with Crippen molar-refractivity contribution in [3.8, 4) is 0 Å². The highest BCUT2D eigenvalue weighted by Crippen LogP contribution is 2.22. The van der Waals surface area contributed by atoms with Gasteiger partial charge in [-0.25, -0.2) is 9.69 Å². The predicted molar refractivity (Wildman–Crippen MR) is 91.6 cm³/mol. The summed E-state index contributed by atoms with van der Waals surface area (Å²) in [6.45, 7) is 9.27. The van der Waals surface area contributed by atoms with Crippen LogP contribution in [0.3, 0.4) is 0 Å². The molecule has 1 aromatic carbocycles. The van der Waals surface area contributed by atoms with E-state index < -0.39 is 17.8 Å². The maximum atomic E-state index is 12.7. The van der Waals surface area contributed by atoms with E-state index in [1.54, 1.807) is 26.8 Å². The lowest BCUT2D eigenvalue weighted by atomic mass is 10.0. The van der Waals surface area contributed by atoms with Crippen molar-refractivity contribution in [2.24, 2.45) is 0 Å². The van der Waals surface area contributed by atoms with Crippen LogP contribution in [0, 0.1) is 0 Å². The number of carbonyl (C=O) groups excluding carboxylic acids is 2. The second-order valence-corrected chi connectivity index (χ2v) is 6.88. The fourth-order valence-electron chi connectivity index (χ4n) is 2.61. The van der Waals surface area contributed by atoms with Crippen LogP contribution in [0.1, 0.15) is 32.8 Å². The van der Waals surface area contributed by atoms with Crippen LogP contribution in [0.4, 0.5) is 4.79 Å². The highest BCUT2D eigenvalue weighted by molar-refractivity contribution is 5.95. The van der Waals surface area contributed by atoms with Gasteiger partial charge in [-0.3, -0.25) is 4.79 Å². The molecule has 0 spiro atoms. The number of hydrogen-bond acceptors (Lipinski definition) is 4. The van der Waals surface area contributed by atoms with E-state index >= 15 is 0 Å². The maximum Gasteiger partial charge on any atom is 0.417 e. The van der Waals surface area contributed by atoms with Crippen LogP contribution in [0.2, 0.25) is 0 Å². The predicted octanol–water partition coefficient (Wildman–Crippen LogP) is 3.34. The molecule has 1 saturated heterocycles. The Balaban J connectivity index is 2.22. The molecule has 24 heavy (non-hydrogen) atoms. The molecule has 1 fully saturated rings. The highest BCUT2D eigenvalue weighted by Gasteiger charge is 2.41. The van der Waals surface area contributed by atoms with Gasteiger partial charge >= 0.3 is 6.09 Å². The van der Waals surface area contributed by atoms with Gasteiger partial charge in [-0.05, 0) is 32.8 Å². The zero-order valence-corrected chi connectivity index (χ0v) is 14.5. The third-order valence-corrected chi connectivity index (χ3v) is 3.65. The molecule has 130 valence electrons. The largest absolute Gasteiger partial charge is 0.443 e. The summed E-state index contributed by atoms with van der Waals surface area (Å²) < 4.78 is 11.1. The van der Waals surface area contributed by atoms with E-state index in [0.717, 1.165) is 5.56 Å². The minimum absolute atomic E-state index is 0.290. The standard InChI is InChI=1S/C19H25NO4/c1-5-9-16-17(21)20(18(22)24-19(2,3)4)15(13-23-16)12-14-10-7-6-8-11-14/h5-8,10-11,15-16H,1,9,12-13H2,2-4H3/t15-,16+/m0/s1. The Bertz CT molecular complexity index is 591. The number of amides is 2. The Morgan fingerprint density at radius 2 is 2.04 bits per heavy atom. The average molecular weight is 331 g/mol. The number of hydrogen-bond donors (Lipinski definition) is 0. The van der Waals surface area contributed by atoms with E-state index in [-0.39, 0.29) is 11.9 Å². The monoisotopic (exact) mass is 331 g/mol. The van der Waals surface area contributed by atoms with Gasteiger partial charge in [0.05, 0.1) is 12.6 Å². The Kier molecular flexibility index (Phi) is 5.78. The molecule has 2 rings (SSSR count). The molecular formula is C19H25NO4. The van der Waals surface area contributed by atoms with Crippen LogP contribution in [-0.4, -0.2) is 41.3 Å². The Hall–Kier alpha value is -2.14. The molecule has 0 radical (unpaired) electrons. The minimum atomic E-state index is -0.679. The lowest BCUT2D eigenvalue weighted by molar-refractivity contribution is -0.156. The van der Waals surface area contributed by atoms with E-state index in [0.29, 0.717) is 19.4 Å². The van der Waals surface area contributed by atoms with Gasteiger partial charge in [0.25, 0.3) is 5.91 Å². The van der Waals surface area contributed by atoms with Crippen LogP contribution < -0.4 is 0 Å². The Morgan fingerprint density at radius 1 is 1.38 bits per heavy atom. The molecule has 2 atom stereocenters. The fourth-order valence-corrected chi connectivity index (χ4v) is 2.61. The second kappa shape index (κ2) is 7.62. The lowest BCUT2D eigenvalue weighted by Gasteiger charge is -2.38. The quantitative estimate of drug-likeness (QED) is 0.794. The zero-order chi connectivity index (χ0) is 17.7. The zero-order valence-electron chi connectivity index (χ0n) is 14.5. The first-order valence-corrected chi connectivity index (χ1v) is 8.14. The number of benzene rings is 1. The highest BCUT2D eigenvalue weighted by atomic mass is 16.6. The summed E-state index contributed by atoms with van der Waals surface area (Å²) in [5.74, 6) is -0.365. The second-order valence-electron chi connectivity index (χ2n) is 6.88. The van der Waals surface area contributed by atoms with E-state index in [1.807, 2.05) is 30.3 Å². The summed E-state index contributed by atoms with van der Waals surface area (Å²) in [5.41, 5.74) is 0.371. The van der Waals surface area contributed by atoms with Crippen molar-refractivity contribution < 1.29 is 19.1 Å². The van der Waals surface area contributed by atoms with Gasteiger partial charge in [0.15, 0.2) is 0 Å². The summed E-state index contributed by atoms with van der Waals surface area (Å²) in [5, 5.41) is 0. The number of nitrogens with zero attached hydrogens (tertiary/aromatic N) is 1. The molecule has 0 bridgehead atoms. The minimum Gasteiger partial charge on any atom is -0.443 e. The first-order valence-electron chi connectivity index (χ1n) is 8.14. The number of rotatable bonds is 4. The Labute approximate surface area is 143 Å². The fraction of sp³-hybridized carbons (Fsp3) is 0.474. The first-order chi connectivity index (χ1) is 11.3. The molecule has 5 heteroatoms. The van der Waals surface area contributed by atoms with Gasteiger partial charge < -0.3 is 9.47 Å². The Morgan fingerprint density at radius 3 is 2.62 bits per heavy atom. The molecule has 0 N–H and O–H groups in total. The van der Waals surface area contributed by atoms with Crippen molar-refractivity contribution in [3.05, 3.63) is 48.6 Å². The van der Waals surface area contributed by atoms with Gasteiger partial charge in [0, 0.05) is 6.42 Å². The van der Waals surface area contributed by atoms with Crippen molar-refractivity contribution in [2.45, 2.75) is 51.4 Å². The van der Waals surface area contributed by atoms with Gasteiger partial charge in [-0.1, -0.05) is 36.4 Å². The SMILES string of the molecule is C=CC[C@H]1OC[C@H](Cc2ccccc2)N(C(=O)OC(C)(C)C)C1=O.